The molecule has 1 unspecified atom stereocenters. The van der Waals surface area contributed by atoms with Crippen molar-refractivity contribution in [3.05, 3.63) is 29.8 Å². The molecular weight excluding hydrogens is 217 g/mol. The predicted octanol–water partition coefficient (Wildman–Crippen LogP) is 1.41. The zero-order valence-electron chi connectivity index (χ0n) is 8.48. The van der Waals surface area contributed by atoms with E-state index < -0.39 is 15.3 Å². The predicted molar refractivity (Wildman–Crippen MR) is 56.9 cm³/mol. The van der Waals surface area contributed by atoms with Crippen LogP contribution in [0.15, 0.2) is 29.2 Å². The summed E-state index contributed by atoms with van der Waals surface area (Å²) in [6.07, 6.45) is -0.170. The van der Waals surface area contributed by atoms with Crippen molar-refractivity contribution in [2.75, 3.05) is 6.54 Å². The summed E-state index contributed by atoms with van der Waals surface area (Å²) in [6.45, 7) is 1.78. The van der Waals surface area contributed by atoms with Crippen LogP contribution in [-0.4, -0.2) is 20.5 Å². The number of aryl methyl sites for hydroxylation is 1. The lowest BCUT2D eigenvalue weighted by atomic mass is 10.2. The Balaban J connectivity index is 3.06. The Labute approximate surface area is 89.0 Å². The molecule has 0 aliphatic carbocycles. The lowest BCUT2D eigenvalue weighted by Gasteiger charge is -2.09. The molecule has 0 bridgehead atoms. The third-order valence-electron chi connectivity index (χ3n) is 2.05. The Kier molecular flexibility index (Phi) is 3.82. The highest BCUT2D eigenvalue weighted by molar-refractivity contribution is 7.91. The van der Waals surface area contributed by atoms with Crippen molar-refractivity contribution in [2.45, 2.75) is 23.7 Å². The van der Waals surface area contributed by atoms with Gasteiger partial charge in [-0.2, -0.15) is 0 Å². The molecule has 2 N–H and O–H groups in total. The average molecular weight is 231 g/mol. The fourth-order valence-electron chi connectivity index (χ4n) is 1.23. The van der Waals surface area contributed by atoms with Gasteiger partial charge < -0.3 is 5.73 Å². The Morgan fingerprint density at radius 3 is 2.67 bits per heavy atom. The maximum Gasteiger partial charge on any atom is 0.210 e. The Morgan fingerprint density at radius 2 is 2.13 bits per heavy atom. The first-order valence-corrected chi connectivity index (χ1v) is 6.18. The second kappa shape index (κ2) is 4.72. The minimum absolute atomic E-state index is 0.0171. The number of nitrogens with two attached hydrogens (primary N) is 1. The van der Waals surface area contributed by atoms with E-state index >= 15 is 0 Å². The van der Waals surface area contributed by atoms with Crippen molar-refractivity contribution in [1.29, 1.82) is 0 Å². The maximum absolute atomic E-state index is 13.3. The van der Waals surface area contributed by atoms with Crippen LogP contribution in [0.2, 0.25) is 0 Å². The number of hydrogen-bond acceptors (Lipinski definition) is 3. The van der Waals surface area contributed by atoms with Gasteiger partial charge in [-0.05, 0) is 31.2 Å². The van der Waals surface area contributed by atoms with Gasteiger partial charge in [0.2, 0.25) is 15.3 Å². The molecular formula is C10H14FNO2S. The van der Waals surface area contributed by atoms with Gasteiger partial charge in [0.1, 0.15) is 0 Å². The van der Waals surface area contributed by atoms with Crippen LogP contribution in [0.5, 0.6) is 0 Å². The minimum atomic E-state index is -3.87. The summed E-state index contributed by atoms with van der Waals surface area (Å²) in [5.74, 6) is 0. The zero-order chi connectivity index (χ0) is 11.5. The molecule has 0 amide bonds. The van der Waals surface area contributed by atoms with Crippen LogP contribution >= 0.6 is 0 Å². The van der Waals surface area contributed by atoms with Gasteiger partial charge >= 0.3 is 0 Å². The fourth-order valence-corrected chi connectivity index (χ4v) is 2.59. The van der Waals surface area contributed by atoms with Crippen molar-refractivity contribution < 1.29 is 12.8 Å². The van der Waals surface area contributed by atoms with Gasteiger partial charge in [-0.1, -0.05) is 12.1 Å². The minimum Gasteiger partial charge on any atom is -0.330 e. The second-order valence-corrected chi connectivity index (χ2v) is 5.42. The fraction of sp³-hybridized carbons (Fsp3) is 0.400. The highest BCUT2D eigenvalue weighted by Crippen LogP contribution is 2.19. The first-order chi connectivity index (χ1) is 6.98. The summed E-state index contributed by atoms with van der Waals surface area (Å²) < 4.78 is 36.6. The van der Waals surface area contributed by atoms with Gasteiger partial charge in [-0.3, -0.25) is 0 Å². The number of sulfone groups is 1. The van der Waals surface area contributed by atoms with E-state index in [1.165, 1.54) is 12.1 Å². The summed E-state index contributed by atoms with van der Waals surface area (Å²) >= 11 is 0. The quantitative estimate of drug-likeness (QED) is 0.852. The lowest BCUT2D eigenvalue weighted by Crippen LogP contribution is -2.20. The molecule has 1 rings (SSSR count). The summed E-state index contributed by atoms with van der Waals surface area (Å²) in [4.78, 5) is 0.0171. The molecule has 0 saturated heterocycles. The summed E-state index contributed by atoms with van der Waals surface area (Å²) in [6, 6.07) is 6.20. The first-order valence-electron chi connectivity index (χ1n) is 4.63. The number of benzene rings is 1. The van der Waals surface area contributed by atoms with Crippen molar-refractivity contribution in [1.82, 2.24) is 0 Å². The molecule has 15 heavy (non-hydrogen) atoms. The lowest BCUT2D eigenvalue weighted by molar-refractivity contribution is 0.402. The topological polar surface area (TPSA) is 60.2 Å². The SMILES string of the molecule is Cc1cccc(S(=O)(=O)C(F)CCN)c1. The molecule has 5 heteroatoms. The smallest absolute Gasteiger partial charge is 0.210 e. The average Bonchev–Trinajstić information content (AvgIpc) is 2.18. The van der Waals surface area contributed by atoms with E-state index in [4.69, 9.17) is 5.73 Å². The number of rotatable bonds is 4. The van der Waals surface area contributed by atoms with Crippen LogP contribution < -0.4 is 5.73 Å². The van der Waals surface area contributed by atoms with Crippen LogP contribution in [0.1, 0.15) is 12.0 Å². The van der Waals surface area contributed by atoms with E-state index in [0.717, 1.165) is 5.56 Å². The largest absolute Gasteiger partial charge is 0.330 e. The monoisotopic (exact) mass is 231 g/mol. The Morgan fingerprint density at radius 1 is 1.47 bits per heavy atom. The van der Waals surface area contributed by atoms with E-state index in [0.29, 0.717) is 0 Å². The number of halogens is 1. The van der Waals surface area contributed by atoms with Crippen LogP contribution in [0, 0.1) is 6.92 Å². The van der Waals surface area contributed by atoms with Crippen LogP contribution in [-0.2, 0) is 9.84 Å². The standard InChI is InChI=1S/C10H14FNO2S/c1-8-3-2-4-9(7-8)15(13,14)10(11)5-6-12/h2-4,7,10H,5-6,12H2,1H3. The second-order valence-electron chi connectivity index (χ2n) is 3.35. The van der Waals surface area contributed by atoms with E-state index in [-0.39, 0.29) is 17.9 Å². The molecule has 84 valence electrons. The van der Waals surface area contributed by atoms with Gasteiger partial charge in [0.25, 0.3) is 0 Å². The van der Waals surface area contributed by atoms with Gasteiger partial charge in [-0.25, -0.2) is 12.8 Å². The molecule has 0 spiro atoms. The van der Waals surface area contributed by atoms with Gasteiger partial charge in [0, 0.05) is 6.42 Å². The summed E-state index contributed by atoms with van der Waals surface area (Å²) in [5.41, 5.74) is 4.00. The van der Waals surface area contributed by atoms with E-state index in [9.17, 15) is 12.8 Å². The van der Waals surface area contributed by atoms with E-state index in [1.54, 1.807) is 19.1 Å². The van der Waals surface area contributed by atoms with Crippen LogP contribution in [0.4, 0.5) is 4.39 Å². The highest BCUT2D eigenvalue weighted by atomic mass is 32.2. The molecule has 0 aliphatic rings. The molecule has 1 aromatic carbocycles. The third kappa shape index (κ3) is 2.76. The van der Waals surface area contributed by atoms with Gasteiger partial charge in [0.05, 0.1) is 4.90 Å². The van der Waals surface area contributed by atoms with Crippen LogP contribution in [0.3, 0.4) is 0 Å². The molecule has 1 aromatic rings. The van der Waals surface area contributed by atoms with Gasteiger partial charge in [-0.15, -0.1) is 0 Å². The molecule has 3 nitrogen and oxygen atoms in total. The molecule has 0 heterocycles. The highest BCUT2D eigenvalue weighted by Gasteiger charge is 2.26. The summed E-state index contributed by atoms with van der Waals surface area (Å²) in [7, 11) is -3.87. The summed E-state index contributed by atoms with van der Waals surface area (Å²) in [5, 5.41) is 0. The van der Waals surface area contributed by atoms with Crippen molar-refractivity contribution in [3.63, 3.8) is 0 Å². The molecule has 0 saturated carbocycles. The number of alkyl halides is 1. The van der Waals surface area contributed by atoms with E-state index in [2.05, 4.69) is 0 Å². The van der Waals surface area contributed by atoms with E-state index in [1.807, 2.05) is 0 Å². The Hall–Kier alpha value is -0.940. The van der Waals surface area contributed by atoms with Crippen LogP contribution in [0.25, 0.3) is 0 Å². The zero-order valence-corrected chi connectivity index (χ0v) is 9.30. The molecule has 1 atom stereocenters. The molecule has 0 fully saturated rings. The molecule has 0 aromatic heterocycles. The normalized spacial score (nSPS) is 13.8. The Bertz CT molecular complexity index is 431. The van der Waals surface area contributed by atoms with Crippen molar-refractivity contribution in [2.24, 2.45) is 5.73 Å². The van der Waals surface area contributed by atoms with Crippen molar-refractivity contribution in [3.8, 4) is 0 Å². The third-order valence-corrected chi connectivity index (χ3v) is 3.87. The van der Waals surface area contributed by atoms with Crippen molar-refractivity contribution >= 4 is 9.84 Å². The number of hydrogen-bond donors (Lipinski definition) is 1. The molecule has 0 radical (unpaired) electrons. The molecule has 0 aliphatic heterocycles. The first kappa shape index (κ1) is 12.1. The van der Waals surface area contributed by atoms with Gasteiger partial charge in [0.15, 0.2) is 0 Å². The maximum atomic E-state index is 13.3.